The van der Waals surface area contributed by atoms with Crippen molar-refractivity contribution < 1.29 is 19.4 Å². The monoisotopic (exact) mass is 282 g/mol. The fraction of sp³-hybridized carbons (Fsp3) is 0.714. The van der Waals surface area contributed by atoms with Gasteiger partial charge in [-0.2, -0.15) is 0 Å². The summed E-state index contributed by atoms with van der Waals surface area (Å²) in [5.41, 5.74) is 0.343. The Kier molecular flexibility index (Phi) is 4.65. The molecule has 112 valence electrons. The summed E-state index contributed by atoms with van der Waals surface area (Å²) in [6.07, 6.45) is 6.56. The molecule has 0 bridgehead atoms. The summed E-state index contributed by atoms with van der Waals surface area (Å²) < 4.78 is 5.19. The number of carboxylic acid groups (broad SMARTS) is 1. The molecule has 1 fully saturated rings. The van der Waals surface area contributed by atoms with Gasteiger partial charge in [0, 0.05) is 6.54 Å². The number of carbonyl (C=O) groups is 2. The first-order valence-corrected chi connectivity index (χ1v) is 7.06. The van der Waals surface area contributed by atoms with E-state index in [2.05, 4.69) is 16.7 Å². The number of urea groups is 1. The average molecular weight is 282 g/mol. The largest absolute Gasteiger partial charge is 0.481 e. The SMILES string of the molecule is CC1(C(=O)O)COCC1NC(=O)NCCC1=CCCC1. The van der Waals surface area contributed by atoms with Gasteiger partial charge in [-0.05, 0) is 32.6 Å². The van der Waals surface area contributed by atoms with E-state index in [1.54, 1.807) is 6.92 Å². The maximum atomic E-state index is 11.8. The molecule has 1 aliphatic heterocycles. The molecule has 0 aromatic carbocycles. The van der Waals surface area contributed by atoms with Crippen LogP contribution in [0.3, 0.4) is 0 Å². The summed E-state index contributed by atoms with van der Waals surface area (Å²) in [6, 6.07) is -0.822. The van der Waals surface area contributed by atoms with Crippen molar-refractivity contribution in [1.82, 2.24) is 10.6 Å². The van der Waals surface area contributed by atoms with Gasteiger partial charge in [-0.25, -0.2) is 4.79 Å². The highest BCUT2D eigenvalue weighted by molar-refractivity contribution is 5.79. The Labute approximate surface area is 118 Å². The highest BCUT2D eigenvalue weighted by atomic mass is 16.5. The van der Waals surface area contributed by atoms with Crippen molar-refractivity contribution >= 4 is 12.0 Å². The van der Waals surface area contributed by atoms with Gasteiger partial charge in [0.25, 0.3) is 0 Å². The van der Waals surface area contributed by atoms with Crippen LogP contribution in [0.15, 0.2) is 11.6 Å². The standard InChI is InChI=1S/C14H22N2O4/c1-14(12(17)18)9-20-8-11(14)16-13(19)15-7-6-10-4-2-3-5-10/h4,11H,2-3,5-9H2,1H3,(H,17,18)(H2,15,16,19). The molecule has 2 aliphatic rings. The minimum Gasteiger partial charge on any atom is -0.481 e. The zero-order valence-electron chi connectivity index (χ0n) is 11.8. The third kappa shape index (κ3) is 3.30. The molecule has 0 saturated carbocycles. The Bertz CT molecular complexity index is 421. The Morgan fingerprint density at radius 2 is 2.35 bits per heavy atom. The fourth-order valence-electron chi connectivity index (χ4n) is 2.60. The number of ether oxygens (including phenoxy) is 1. The Morgan fingerprint density at radius 3 is 3.00 bits per heavy atom. The molecule has 0 radical (unpaired) electrons. The summed E-state index contributed by atoms with van der Waals surface area (Å²) in [5.74, 6) is -0.948. The minimum absolute atomic E-state index is 0.125. The quantitative estimate of drug-likeness (QED) is 0.663. The lowest BCUT2D eigenvalue weighted by molar-refractivity contribution is -0.148. The second kappa shape index (κ2) is 6.26. The molecule has 1 aliphatic carbocycles. The van der Waals surface area contributed by atoms with E-state index >= 15 is 0 Å². The van der Waals surface area contributed by atoms with Crippen LogP contribution in [0.5, 0.6) is 0 Å². The first-order valence-electron chi connectivity index (χ1n) is 7.06. The molecular weight excluding hydrogens is 260 g/mol. The molecule has 2 atom stereocenters. The van der Waals surface area contributed by atoms with Crippen molar-refractivity contribution in [1.29, 1.82) is 0 Å². The summed E-state index contributed by atoms with van der Waals surface area (Å²) >= 11 is 0. The van der Waals surface area contributed by atoms with Crippen molar-refractivity contribution in [2.45, 2.75) is 38.6 Å². The van der Waals surface area contributed by atoms with Crippen molar-refractivity contribution in [3.63, 3.8) is 0 Å². The van der Waals surface area contributed by atoms with Crippen LogP contribution in [-0.2, 0) is 9.53 Å². The molecule has 1 heterocycles. The highest BCUT2D eigenvalue weighted by Crippen LogP contribution is 2.28. The van der Waals surface area contributed by atoms with Gasteiger partial charge in [-0.1, -0.05) is 11.6 Å². The molecule has 0 aromatic heterocycles. The first kappa shape index (κ1) is 14.8. The Balaban J connectivity index is 1.75. The lowest BCUT2D eigenvalue weighted by Crippen LogP contribution is -2.52. The van der Waals surface area contributed by atoms with Gasteiger partial charge in [0.1, 0.15) is 5.41 Å². The second-order valence-electron chi connectivity index (χ2n) is 5.70. The van der Waals surface area contributed by atoms with E-state index < -0.39 is 17.4 Å². The van der Waals surface area contributed by atoms with Gasteiger partial charge >= 0.3 is 12.0 Å². The topological polar surface area (TPSA) is 87.7 Å². The van der Waals surface area contributed by atoms with Gasteiger partial charge in [0.2, 0.25) is 0 Å². The average Bonchev–Trinajstić information content (AvgIpc) is 3.01. The summed E-state index contributed by atoms with van der Waals surface area (Å²) in [4.78, 5) is 23.0. The van der Waals surface area contributed by atoms with E-state index in [0.717, 1.165) is 19.3 Å². The number of carbonyl (C=O) groups excluding carboxylic acids is 1. The van der Waals surface area contributed by atoms with Crippen molar-refractivity contribution in [3.8, 4) is 0 Å². The van der Waals surface area contributed by atoms with Crippen molar-refractivity contribution in [3.05, 3.63) is 11.6 Å². The smallest absolute Gasteiger partial charge is 0.315 e. The molecular formula is C14H22N2O4. The van der Waals surface area contributed by atoms with Crippen LogP contribution in [0.2, 0.25) is 0 Å². The van der Waals surface area contributed by atoms with E-state index in [4.69, 9.17) is 4.74 Å². The lowest BCUT2D eigenvalue weighted by Gasteiger charge is -2.25. The minimum atomic E-state index is -1.05. The van der Waals surface area contributed by atoms with E-state index in [1.807, 2.05) is 0 Å². The zero-order chi connectivity index (χ0) is 14.6. The predicted molar refractivity (Wildman–Crippen MR) is 73.4 cm³/mol. The number of hydrogen-bond donors (Lipinski definition) is 3. The first-order chi connectivity index (χ1) is 9.52. The summed E-state index contributed by atoms with van der Waals surface area (Å²) in [6.45, 7) is 2.53. The predicted octanol–water partition coefficient (Wildman–Crippen LogP) is 1.28. The number of allylic oxidation sites excluding steroid dienone is 1. The molecule has 6 heteroatoms. The molecule has 2 unspecified atom stereocenters. The lowest BCUT2D eigenvalue weighted by atomic mass is 9.85. The number of hydrogen-bond acceptors (Lipinski definition) is 3. The number of carboxylic acids is 1. The third-order valence-corrected chi connectivity index (χ3v) is 4.12. The van der Waals surface area contributed by atoms with Gasteiger partial charge in [-0.15, -0.1) is 0 Å². The Hall–Kier alpha value is -1.56. The molecule has 2 amide bonds. The second-order valence-corrected chi connectivity index (χ2v) is 5.70. The van der Waals surface area contributed by atoms with Crippen molar-refractivity contribution in [2.75, 3.05) is 19.8 Å². The molecule has 1 saturated heterocycles. The zero-order valence-corrected chi connectivity index (χ0v) is 11.8. The van der Waals surface area contributed by atoms with E-state index in [9.17, 15) is 14.7 Å². The maximum Gasteiger partial charge on any atom is 0.315 e. The summed E-state index contributed by atoms with van der Waals surface area (Å²) in [7, 11) is 0. The van der Waals surface area contributed by atoms with E-state index in [1.165, 1.54) is 12.0 Å². The van der Waals surface area contributed by atoms with Gasteiger partial charge in [-0.3, -0.25) is 4.79 Å². The van der Waals surface area contributed by atoms with Gasteiger partial charge < -0.3 is 20.5 Å². The van der Waals surface area contributed by atoms with Crippen LogP contribution in [0.1, 0.15) is 32.6 Å². The normalized spacial score (nSPS) is 29.1. The maximum absolute atomic E-state index is 11.8. The fourth-order valence-corrected chi connectivity index (χ4v) is 2.60. The van der Waals surface area contributed by atoms with Crippen LogP contribution in [-0.4, -0.2) is 42.9 Å². The number of rotatable bonds is 5. The van der Waals surface area contributed by atoms with E-state index in [-0.39, 0.29) is 19.2 Å². The molecule has 3 N–H and O–H groups in total. The molecule has 0 spiro atoms. The molecule has 20 heavy (non-hydrogen) atoms. The van der Waals surface area contributed by atoms with Gasteiger partial charge in [0.05, 0.1) is 19.3 Å². The molecule has 6 nitrogen and oxygen atoms in total. The number of amides is 2. The van der Waals surface area contributed by atoms with Crippen LogP contribution in [0.4, 0.5) is 4.79 Å². The number of nitrogens with one attached hydrogen (secondary N) is 2. The summed E-state index contributed by atoms with van der Waals surface area (Å²) in [5, 5.41) is 14.7. The van der Waals surface area contributed by atoms with Crippen LogP contribution >= 0.6 is 0 Å². The Morgan fingerprint density at radius 1 is 1.55 bits per heavy atom. The highest BCUT2D eigenvalue weighted by Gasteiger charge is 2.47. The third-order valence-electron chi connectivity index (χ3n) is 4.12. The molecule has 0 aromatic rings. The van der Waals surface area contributed by atoms with Crippen LogP contribution in [0, 0.1) is 5.41 Å². The van der Waals surface area contributed by atoms with Crippen molar-refractivity contribution in [2.24, 2.45) is 5.41 Å². The van der Waals surface area contributed by atoms with Crippen LogP contribution in [0.25, 0.3) is 0 Å². The number of aliphatic carboxylic acids is 1. The van der Waals surface area contributed by atoms with E-state index in [0.29, 0.717) is 6.54 Å². The van der Waals surface area contributed by atoms with Crippen LogP contribution < -0.4 is 10.6 Å². The van der Waals surface area contributed by atoms with Gasteiger partial charge in [0.15, 0.2) is 0 Å². The molecule has 2 rings (SSSR count).